The molecule has 1 aliphatic heterocycles. The van der Waals surface area contributed by atoms with Gasteiger partial charge in [0.15, 0.2) is 0 Å². The molecule has 0 amide bonds. The van der Waals surface area contributed by atoms with Gasteiger partial charge in [-0.1, -0.05) is 19.8 Å². The molecule has 0 radical (unpaired) electrons. The van der Waals surface area contributed by atoms with E-state index in [0.717, 1.165) is 29.7 Å². The van der Waals surface area contributed by atoms with Crippen molar-refractivity contribution in [2.45, 2.75) is 51.9 Å². The molecule has 1 aliphatic carbocycles. The summed E-state index contributed by atoms with van der Waals surface area (Å²) < 4.78 is 0. The van der Waals surface area contributed by atoms with E-state index in [1.165, 1.54) is 60.8 Å². The zero-order valence-electron chi connectivity index (χ0n) is 13.1. The first-order valence-corrected chi connectivity index (χ1v) is 9.64. The second-order valence-electron chi connectivity index (χ2n) is 6.75. The molecule has 1 unspecified atom stereocenters. The van der Waals surface area contributed by atoms with Crippen LogP contribution in [-0.2, 0) is 12.8 Å². The summed E-state index contributed by atoms with van der Waals surface area (Å²) in [6.45, 7) is 4.55. The largest absolute Gasteiger partial charge is 0.356 e. The van der Waals surface area contributed by atoms with Gasteiger partial charge in [-0.25, -0.2) is 4.98 Å². The van der Waals surface area contributed by atoms with Gasteiger partial charge < -0.3 is 4.90 Å². The van der Waals surface area contributed by atoms with E-state index in [2.05, 4.69) is 21.8 Å². The Hall–Kier alpha value is -0.870. The summed E-state index contributed by atoms with van der Waals surface area (Å²) in [6, 6.07) is 0. The minimum Gasteiger partial charge on any atom is -0.356 e. The number of aromatic nitrogens is 2. The van der Waals surface area contributed by atoms with Gasteiger partial charge in [-0.2, -0.15) is 4.98 Å². The maximum atomic E-state index is 6.23. The summed E-state index contributed by atoms with van der Waals surface area (Å²) in [5.41, 5.74) is 1.51. The van der Waals surface area contributed by atoms with Gasteiger partial charge in [-0.05, 0) is 55.2 Å². The highest BCUT2D eigenvalue weighted by molar-refractivity contribution is 7.19. The monoisotopic (exact) mass is 335 g/mol. The summed E-state index contributed by atoms with van der Waals surface area (Å²) in [4.78, 5) is 14.2. The number of halogens is 1. The Kier molecular flexibility index (Phi) is 3.99. The maximum Gasteiger partial charge on any atom is 0.225 e. The third-order valence-corrected chi connectivity index (χ3v) is 6.33. The van der Waals surface area contributed by atoms with Crippen molar-refractivity contribution in [1.29, 1.82) is 0 Å². The molecule has 3 nitrogen and oxygen atoms in total. The molecule has 0 saturated carbocycles. The van der Waals surface area contributed by atoms with Crippen LogP contribution < -0.4 is 4.90 Å². The van der Waals surface area contributed by atoms with E-state index in [1.54, 1.807) is 0 Å². The van der Waals surface area contributed by atoms with Crippen molar-refractivity contribution in [3.8, 4) is 0 Å². The number of aryl methyl sites for hydroxylation is 1. The van der Waals surface area contributed by atoms with E-state index in [9.17, 15) is 0 Å². The van der Waals surface area contributed by atoms with Crippen molar-refractivity contribution in [2.75, 3.05) is 18.0 Å². The number of nitrogens with zero attached hydrogens (tertiary/aromatic N) is 3. The van der Waals surface area contributed by atoms with Crippen LogP contribution in [0, 0.1) is 5.92 Å². The molecular formula is C17H22ClN3S. The van der Waals surface area contributed by atoms with Crippen LogP contribution in [0.25, 0.3) is 10.2 Å². The topological polar surface area (TPSA) is 29.0 Å². The molecule has 2 aromatic rings. The minimum absolute atomic E-state index is 0.401. The number of hydrogen-bond acceptors (Lipinski definition) is 4. The van der Waals surface area contributed by atoms with Crippen molar-refractivity contribution in [2.24, 2.45) is 5.92 Å². The zero-order chi connectivity index (χ0) is 15.1. The van der Waals surface area contributed by atoms with Crippen LogP contribution in [-0.4, -0.2) is 23.1 Å². The van der Waals surface area contributed by atoms with Crippen LogP contribution in [0.2, 0.25) is 5.28 Å². The highest BCUT2D eigenvalue weighted by Gasteiger charge is 2.26. The van der Waals surface area contributed by atoms with E-state index in [4.69, 9.17) is 11.6 Å². The van der Waals surface area contributed by atoms with Gasteiger partial charge in [0, 0.05) is 18.0 Å². The number of fused-ring (bicyclic) bond motifs is 3. The lowest BCUT2D eigenvalue weighted by atomic mass is 9.89. The Morgan fingerprint density at radius 1 is 1.14 bits per heavy atom. The molecule has 4 rings (SSSR count). The van der Waals surface area contributed by atoms with Gasteiger partial charge in [-0.15, -0.1) is 11.3 Å². The molecule has 0 aromatic carbocycles. The fourth-order valence-electron chi connectivity index (χ4n) is 3.81. The number of anilines is 1. The van der Waals surface area contributed by atoms with Gasteiger partial charge in [0.05, 0.1) is 5.39 Å². The summed E-state index contributed by atoms with van der Waals surface area (Å²) in [5.74, 6) is 1.88. The molecule has 2 aromatic heterocycles. The van der Waals surface area contributed by atoms with Crippen molar-refractivity contribution < 1.29 is 0 Å². The first-order chi connectivity index (χ1) is 10.7. The molecule has 1 atom stereocenters. The molecule has 118 valence electrons. The average Bonchev–Trinajstić information content (AvgIpc) is 2.68. The van der Waals surface area contributed by atoms with Crippen LogP contribution in [0.3, 0.4) is 0 Å². The first-order valence-electron chi connectivity index (χ1n) is 8.45. The second kappa shape index (κ2) is 5.97. The zero-order valence-corrected chi connectivity index (χ0v) is 14.6. The minimum atomic E-state index is 0.401. The SMILES string of the molecule is CC1CCc2c(sc3nc(Cl)nc(N4CCCCCC4)c23)C1. The molecule has 2 aliphatic rings. The van der Waals surface area contributed by atoms with Gasteiger partial charge in [0.1, 0.15) is 10.6 Å². The van der Waals surface area contributed by atoms with Crippen molar-refractivity contribution >= 4 is 39.0 Å². The van der Waals surface area contributed by atoms with E-state index in [-0.39, 0.29) is 0 Å². The van der Waals surface area contributed by atoms with Gasteiger partial charge >= 0.3 is 0 Å². The van der Waals surface area contributed by atoms with Crippen LogP contribution in [0.5, 0.6) is 0 Å². The number of hydrogen-bond donors (Lipinski definition) is 0. The molecular weight excluding hydrogens is 314 g/mol. The molecule has 22 heavy (non-hydrogen) atoms. The van der Waals surface area contributed by atoms with Crippen molar-refractivity contribution in [3.63, 3.8) is 0 Å². The lowest BCUT2D eigenvalue weighted by Gasteiger charge is -2.24. The van der Waals surface area contributed by atoms with E-state index in [0.29, 0.717) is 5.28 Å². The average molecular weight is 336 g/mol. The van der Waals surface area contributed by atoms with Crippen LogP contribution >= 0.6 is 22.9 Å². The highest BCUT2D eigenvalue weighted by Crippen LogP contribution is 2.41. The van der Waals surface area contributed by atoms with Crippen LogP contribution in [0.1, 0.15) is 49.5 Å². The Morgan fingerprint density at radius 2 is 1.91 bits per heavy atom. The van der Waals surface area contributed by atoms with Gasteiger partial charge in [0.2, 0.25) is 5.28 Å². The second-order valence-corrected chi connectivity index (χ2v) is 8.17. The quantitative estimate of drug-likeness (QED) is 0.697. The fraction of sp³-hybridized carbons (Fsp3) is 0.647. The Labute approximate surface area is 140 Å². The molecule has 0 N–H and O–H groups in total. The summed E-state index contributed by atoms with van der Waals surface area (Å²) in [7, 11) is 0. The Bertz CT molecular complexity index is 689. The number of rotatable bonds is 1. The van der Waals surface area contributed by atoms with E-state index >= 15 is 0 Å². The van der Waals surface area contributed by atoms with Gasteiger partial charge in [-0.3, -0.25) is 0 Å². The third kappa shape index (κ3) is 2.61. The van der Waals surface area contributed by atoms with Crippen LogP contribution in [0.4, 0.5) is 5.82 Å². The molecule has 0 spiro atoms. The molecule has 1 fully saturated rings. The predicted molar refractivity (Wildman–Crippen MR) is 94.3 cm³/mol. The third-order valence-electron chi connectivity index (χ3n) is 5.01. The standard InChI is InChI=1S/C17H22ClN3S/c1-11-6-7-12-13(10-11)22-16-14(12)15(19-17(18)20-16)21-8-4-2-3-5-9-21/h11H,2-10H2,1H3. The van der Waals surface area contributed by atoms with E-state index in [1.807, 2.05) is 11.3 Å². The Morgan fingerprint density at radius 3 is 2.68 bits per heavy atom. The predicted octanol–water partition coefficient (Wildman–Crippen LogP) is 4.85. The summed E-state index contributed by atoms with van der Waals surface area (Å²) in [6.07, 6.45) is 8.81. The molecule has 3 heterocycles. The molecule has 5 heteroatoms. The maximum absolute atomic E-state index is 6.23. The fourth-order valence-corrected chi connectivity index (χ4v) is 5.40. The van der Waals surface area contributed by atoms with E-state index < -0.39 is 0 Å². The summed E-state index contributed by atoms with van der Waals surface area (Å²) >= 11 is 8.07. The van der Waals surface area contributed by atoms with Crippen molar-refractivity contribution in [3.05, 3.63) is 15.7 Å². The van der Waals surface area contributed by atoms with Crippen molar-refractivity contribution in [1.82, 2.24) is 9.97 Å². The molecule has 0 bridgehead atoms. The smallest absolute Gasteiger partial charge is 0.225 e. The van der Waals surface area contributed by atoms with Gasteiger partial charge in [0.25, 0.3) is 0 Å². The summed E-state index contributed by atoms with van der Waals surface area (Å²) in [5, 5.41) is 1.71. The molecule has 1 saturated heterocycles. The van der Waals surface area contributed by atoms with Crippen LogP contribution in [0.15, 0.2) is 0 Å². The first kappa shape index (κ1) is 14.7. The lowest BCUT2D eigenvalue weighted by Crippen LogP contribution is -2.25. The lowest BCUT2D eigenvalue weighted by molar-refractivity contribution is 0.509. The Balaban J connectivity index is 1.85. The highest BCUT2D eigenvalue weighted by atomic mass is 35.5. The number of thiophene rings is 1. The normalized spacial score (nSPS) is 22.6.